The summed E-state index contributed by atoms with van der Waals surface area (Å²) in [7, 11) is 0. The minimum Gasteiger partial charge on any atom is -0.341 e. The van der Waals surface area contributed by atoms with Gasteiger partial charge in [-0.25, -0.2) is 5.10 Å². The van der Waals surface area contributed by atoms with Crippen LogP contribution in [0.4, 0.5) is 0 Å². The molecule has 0 aliphatic carbocycles. The van der Waals surface area contributed by atoms with Crippen molar-refractivity contribution in [1.29, 1.82) is 0 Å². The molecule has 3 aromatic rings. The van der Waals surface area contributed by atoms with Gasteiger partial charge in [-0.15, -0.1) is 0 Å². The van der Waals surface area contributed by atoms with Gasteiger partial charge in [0.1, 0.15) is 5.69 Å². The summed E-state index contributed by atoms with van der Waals surface area (Å²) in [5.41, 5.74) is 2.85. The van der Waals surface area contributed by atoms with E-state index in [0.717, 1.165) is 16.7 Å². The molecule has 0 unspecified atom stereocenters. The summed E-state index contributed by atoms with van der Waals surface area (Å²) in [5.74, 6) is -0.641. The van der Waals surface area contributed by atoms with E-state index in [0.29, 0.717) is 26.1 Å². The second-order valence-electron chi connectivity index (χ2n) is 7.78. The van der Waals surface area contributed by atoms with Gasteiger partial charge in [0, 0.05) is 50.2 Å². The van der Waals surface area contributed by atoms with Crippen LogP contribution in [0.2, 0.25) is 0 Å². The number of hydrogen-bond donors (Lipinski definition) is 1. The van der Waals surface area contributed by atoms with Crippen molar-refractivity contribution in [3.63, 3.8) is 0 Å². The fourth-order valence-corrected chi connectivity index (χ4v) is 4.09. The third kappa shape index (κ3) is 4.59. The molecule has 3 heterocycles. The van der Waals surface area contributed by atoms with Crippen LogP contribution < -0.4 is 5.56 Å². The van der Waals surface area contributed by atoms with Crippen molar-refractivity contribution < 1.29 is 9.59 Å². The predicted octanol–water partition coefficient (Wildman–Crippen LogP) is 2.00. The summed E-state index contributed by atoms with van der Waals surface area (Å²) in [6.07, 6.45) is 4.04. The first-order valence-electron chi connectivity index (χ1n) is 10.7. The summed E-state index contributed by atoms with van der Waals surface area (Å²) in [6.45, 7) is 3.69. The van der Waals surface area contributed by atoms with Crippen molar-refractivity contribution in [3.8, 4) is 11.1 Å². The Hall–Kier alpha value is -3.81. The smallest absolute Gasteiger partial charge is 0.274 e. The van der Waals surface area contributed by atoms with E-state index >= 15 is 0 Å². The van der Waals surface area contributed by atoms with Crippen LogP contribution in [-0.2, 0) is 11.2 Å². The number of rotatable bonds is 5. The lowest BCUT2D eigenvalue weighted by Crippen LogP contribution is -2.38. The van der Waals surface area contributed by atoms with Crippen molar-refractivity contribution in [1.82, 2.24) is 25.0 Å². The number of pyridine rings is 1. The van der Waals surface area contributed by atoms with E-state index in [1.807, 2.05) is 49.5 Å². The molecule has 8 nitrogen and oxygen atoms in total. The number of likely N-dealkylation sites (N-methyl/N-ethyl adjacent to an activating group) is 1. The molecular weight excluding hydrogens is 406 g/mol. The van der Waals surface area contributed by atoms with E-state index in [9.17, 15) is 14.4 Å². The Morgan fingerprint density at radius 3 is 2.66 bits per heavy atom. The lowest BCUT2D eigenvalue weighted by Gasteiger charge is -2.24. The fourth-order valence-electron chi connectivity index (χ4n) is 4.09. The van der Waals surface area contributed by atoms with Crippen LogP contribution in [0.15, 0.2) is 65.7 Å². The Bertz CT molecular complexity index is 1140. The van der Waals surface area contributed by atoms with Gasteiger partial charge in [0.15, 0.2) is 0 Å². The molecule has 1 N–H and O–H groups in total. The van der Waals surface area contributed by atoms with Crippen LogP contribution in [0.25, 0.3) is 11.1 Å². The monoisotopic (exact) mass is 431 g/mol. The molecular formula is C24H25N5O3. The van der Waals surface area contributed by atoms with Crippen LogP contribution in [0, 0.1) is 5.92 Å². The molecule has 0 radical (unpaired) electrons. The number of carbonyl (C=O) groups is 2. The summed E-state index contributed by atoms with van der Waals surface area (Å²) < 4.78 is 0. The molecule has 2 amide bonds. The third-order valence-electron chi connectivity index (χ3n) is 5.76. The Morgan fingerprint density at radius 2 is 1.94 bits per heavy atom. The van der Waals surface area contributed by atoms with Crippen LogP contribution in [0.3, 0.4) is 0 Å². The third-order valence-corrected chi connectivity index (χ3v) is 5.76. The van der Waals surface area contributed by atoms with Gasteiger partial charge in [0.2, 0.25) is 5.91 Å². The van der Waals surface area contributed by atoms with Crippen molar-refractivity contribution in [2.24, 2.45) is 5.92 Å². The highest BCUT2D eigenvalue weighted by molar-refractivity contribution is 5.93. The second-order valence-corrected chi connectivity index (χ2v) is 7.78. The maximum absolute atomic E-state index is 13.3. The first-order valence-corrected chi connectivity index (χ1v) is 10.7. The van der Waals surface area contributed by atoms with Gasteiger partial charge in [-0.05, 0) is 36.6 Å². The SMILES string of the molecule is CCN1CCN(C(=O)c2ccc(=O)[nH]n2)C[C@H](Cc2ccccc2-c2cccnc2)C1=O. The maximum Gasteiger partial charge on any atom is 0.274 e. The average molecular weight is 431 g/mol. The van der Waals surface area contributed by atoms with Gasteiger partial charge < -0.3 is 9.80 Å². The van der Waals surface area contributed by atoms with Crippen LogP contribution in [0.5, 0.6) is 0 Å². The molecule has 0 spiro atoms. The molecule has 164 valence electrons. The standard InChI is InChI=1S/C24H25N5O3/c1-2-28-12-13-29(24(32)21-9-10-22(30)27-26-21)16-19(23(28)31)14-17-6-3-4-8-20(17)18-7-5-11-25-15-18/h3-11,15,19H,2,12-14,16H2,1H3,(H,27,30)/t19-/m0/s1. The van der Waals surface area contributed by atoms with E-state index in [1.54, 1.807) is 16.0 Å². The summed E-state index contributed by atoms with van der Waals surface area (Å²) >= 11 is 0. The van der Waals surface area contributed by atoms with Gasteiger partial charge in [-0.1, -0.05) is 30.3 Å². The van der Waals surface area contributed by atoms with Crippen molar-refractivity contribution in [3.05, 3.63) is 82.5 Å². The first-order chi connectivity index (χ1) is 15.6. The Morgan fingerprint density at radius 1 is 1.09 bits per heavy atom. The molecule has 4 rings (SSSR count). The van der Waals surface area contributed by atoms with E-state index in [-0.39, 0.29) is 35.5 Å². The minimum atomic E-state index is -0.387. The van der Waals surface area contributed by atoms with Crippen molar-refractivity contribution in [2.45, 2.75) is 13.3 Å². The molecule has 1 aliphatic rings. The second kappa shape index (κ2) is 9.55. The zero-order chi connectivity index (χ0) is 22.5. The normalized spacial score (nSPS) is 16.7. The van der Waals surface area contributed by atoms with E-state index in [2.05, 4.69) is 15.2 Å². The number of benzene rings is 1. The predicted molar refractivity (Wildman–Crippen MR) is 120 cm³/mol. The van der Waals surface area contributed by atoms with Crippen molar-refractivity contribution >= 4 is 11.8 Å². The number of aromatic amines is 1. The van der Waals surface area contributed by atoms with Gasteiger partial charge >= 0.3 is 0 Å². The zero-order valence-electron chi connectivity index (χ0n) is 17.9. The highest BCUT2D eigenvalue weighted by atomic mass is 16.2. The van der Waals surface area contributed by atoms with E-state index in [1.165, 1.54) is 12.1 Å². The van der Waals surface area contributed by atoms with Crippen LogP contribution in [0.1, 0.15) is 23.0 Å². The molecule has 1 saturated heterocycles. The quantitative estimate of drug-likeness (QED) is 0.666. The first kappa shape index (κ1) is 21.4. The van der Waals surface area contributed by atoms with E-state index < -0.39 is 0 Å². The van der Waals surface area contributed by atoms with Crippen LogP contribution >= 0.6 is 0 Å². The summed E-state index contributed by atoms with van der Waals surface area (Å²) in [4.78, 5) is 45.3. The minimum absolute atomic E-state index is 0.0400. The van der Waals surface area contributed by atoms with E-state index in [4.69, 9.17) is 0 Å². The maximum atomic E-state index is 13.3. The number of nitrogens with one attached hydrogen (secondary N) is 1. The Balaban J connectivity index is 1.63. The molecule has 0 bridgehead atoms. The average Bonchev–Trinajstić information content (AvgIpc) is 2.98. The highest BCUT2D eigenvalue weighted by Crippen LogP contribution is 2.27. The van der Waals surface area contributed by atoms with Gasteiger partial charge in [0.25, 0.3) is 11.5 Å². The Kier molecular flexibility index (Phi) is 6.39. The topological polar surface area (TPSA) is 99.3 Å². The lowest BCUT2D eigenvalue weighted by molar-refractivity contribution is -0.134. The number of hydrogen-bond acceptors (Lipinski definition) is 5. The number of aromatic nitrogens is 3. The molecule has 1 atom stereocenters. The van der Waals surface area contributed by atoms with Gasteiger partial charge in [0.05, 0.1) is 5.92 Å². The van der Waals surface area contributed by atoms with Gasteiger partial charge in [-0.2, -0.15) is 5.10 Å². The lowest BCUT2D eigenvalue weighted by atomic mass is 9.91. The molecule has 1 aliphatic heterocycles. The molecule has 1 aromatic carbocycles. The Labute approximate surface area is 185 Å². The molecule has 8 heteroatoms. The van der Waals surface area contributed by atoms with Gasteiger partial charge in [-0.3, -0.25) is 19.4 Å². The highest BCUT2D eigenvalue weighted by Gasteiger charge is 2.33. The molecule has 2 aromatic heterocycles. The van der Waals surface area contributed by atoms with Crippen molar-refractivity contribution in [2.75, 3.05) is 26.2 Å². The number of amides is 2. The molecule has 1 fully saturated rings. The van der Waals surface area contributed by atoms with Crippen LogP contribution in [-0.4, -0.2) is 63.0 Å². The number of H-pyrrole nitrogens is 1. The zero-order valence-corrected chi connectivity index (χ0v) is 17.9. The largest absolute Gasteiger partial charge is 0.341 e. The summed E-state index contributed by atoms with van der Waals surface area (Å²) in [5, 5.41) is 6.18. The molecule has 32 heavy (non-hydrogen) atoms. The fraction of sp³-hybridized carbons (Fsp3) is 0.292. The number of carbonyl (C=O) groups excluding carboxylic acids is 2. The molecule has 0 saturated carbocycles. The summed E-state index contributed by atoms with van der Waals surface area (Å²) in [6, 6.07) is 14.6. The number of nitrogens with zero attached hydrogens (tertiary/aromatic N) is 4.